The highest BCUT2D eigenvalue weighted by atomic mass is 16.1. The van der Waals surface area contributed by atoms with Crippen molar-refractivity contribution in [2.75, 3.05) is 6.54 Å². The quantitative estimate of drug-likeness (QED) is 0.745. The highest BCUT2D eigenvalue weighted by Crippen LogP contribution is 2.35. The predicted octanol–water partition coefficient (Wildman–Crippen LogP) is 3.23. The largest absolute Gasteiger partial charge is 0.353 e. The fourth-order valence-corrected chi connectivity index (χ4v) is 2.97. The first-order valence-electron chi connectivity index (χ1n) is 7.96. The fourth-order valence-electron chi connectivity index (χ4n) is 2.97. The van der Waals surface area contributed by atoms with Crippen LogP contribution in [0.1, 0.15) is 72.1 Å². The normalized spacial score (nSPS) is 21.1. The maximum absolute atomic E-state index is 12.0. The number of amides is 1. The van der Waals surface area contributed by atoms with E-state index in [1.807, 2.05) is 0 Å². The lowest BCUT2D eigenvalue weighted by Crippen LogP contribution is -2.39. The maximum Gasteiger partial charge on any atom is 0.220 e. The monoisotopic (exact) mass is 268 g/mol. The first-order chi connectivity index (χ1) is 8.96. The number of nitrogens with two attached hydrogens (primary N) is 1. The number of hydrogen-bond donors (Lipinski definition) is 2. The van der Waals surface area contributed by atoms with Gasteiger partial charge in [-0.1, -0.05) is 27.2 Å². The van der Waals surface area contributed by atoms with E-state index in [0.717, 1.165) is 38.6 Å². The molecule has 1 unspecified atom stereocenters. The summed E-state index contributed by atoms with van der Waals surface area (Å²) < 4.78 is 0. The first kappa shape index (κ1) is 16.5. The summed E-state index contributed by atoms with van der Waals surface area (Å²) in [6.45, 7) is 7.56. The number of rotatable bonds is 7. The molecule has 0 saturated heterocycles. The molecule has 3 heteroatoms. The van der Waals surface area contributed by atoms with Crippen LogP contribution in [0, 0.1) is 11.3 Å². The molecule has 1 rings (SSSR count). The van der Waals surface area contributed by atoms with Gasteiger partial charge < -0.3 is 11.1 Å². The molecule has 1 aliphatic carbocycles. The molecular formula is C16H32N2O. The fraction of sp³-hybridized carbons (Fsp3) is 0.938. The summed E-state index contributed by atoms with van der Waals surface area (Å²) in [4.78, 5) is 12.0. The Morgan fingerprint density at radius 1 is 1.32 bits per heavy atom. The van der Waals surface area contributed by atoms with Crippen LogP contribution in [-0.2, 0) is 4.79 Å². The Kier molecular flexibility index (Phi) is 6.84. The zero-order valence-corrected chi connectivity index (χ0v) is 13.0. The van der Waals surface area contributed by atoms with E-state index in [4.69, 9.17) is 5.73 Å². The van der Waals surface area contributed by atoms with Crippen LogP contribution in [0.15, 0.2) is 0 Å². The van der Waals surface area contributed by atoms with Crippen LogP contribution in [0.2, 0.25) is 0 Å². The zero-order chi connectivity index (χ0) is 14.3. The predicted molar refractivity (Wildman–Crippen MR) is 80.9 cm³/mol. The van der Waals surface area contributed by atoms with Crippen LogP contribution in [0.5, 0.6) is 0 Å². The second-order valence-electron chi connectivity index (χ2n) is 6.90. The average Bonchev–Trinajstić information content (AvgIpc) is 2.37. The minimum absolute atomic E-state index is 0.236. The molecule has 3 N–H and O–H groups in total. The summed E-state index contributed by atoms with van der Waals surface area (Å²) in [5, 5.41) is 3.21. The standard InChI is InChI=1S/C16H32N2O/c1-4-13(9-12-17)5-6-15(19)18-14-7-10-16(2,3)11-8-14/h13-14H,4-12,17H2,1-3H3,(H,18,19). The van der Waals surface area contributed by atoms with Gasteiger partial charge in [0.25, 0.3) is 0 Å². The van der Waals surface area contributed by atoms with E-state index < -0.39 is 0 Å². The number of carbonyl (C=O) groups excluding carboxylic acids is 1. The van der Waals surface area contributed by atoms with Crippen molar-refractivity contribution < 1.29 is 4.79 Å². The molecule has 1 atom stereocenters. The highest BCUT2D eigenvalue weighted by molar-refractivity contribution is 5.76. The molecule has 1 fully saturated rings. The van der Waals surface area contributed by atoms with Crippen LogP contribution in [0.3, 0.4) is 0 Å². The molecule has 1 amide bonds. The SMILES string of the molecule is CCC(CCN)CCC(=O)NC1CCC(C)(C)CC1. The molecule has 0 spiro atoms. The third-order valence-corrected chi connectivity index (χ3v) is 4.64. The summed E-state index contributed by atoms with van der Waals surface area (Å²) in [6, 6.07) is 0.412. The molecule has 3 nitrogen and oxygen atoms in total. The van der Waals surface area contributed by atoms with Crippen LogP contribution in [0.4, 0.5) is 0 Å². The van der Waals surface area contributed by atoms with Gasteiger partial charge in [-0.05, 0) is 56.4 Å². The van der Waals surface area contributed by atoms with E-state index in [-0.39, 0.29) is 5.91 Å². The van der Waals surface area contributed by atoms with Crippen molar-refractivity contribution >= 4 is 5.91 Å². The van der Waals surface area contributed by atoms with Crippen molar-refractivity contribution in [3.8, 4) is 0 Å². The molecule has 0 aromatic rings. The van der Waals surface area contributed by atoms with Gasteiger partial charge >= 0.3 is 0 Å². The van der Waals surface area contributed by atoms with Gasteiger partial charge in [-0.3, -0.25) is 4.79 Å². The minimum Gasteiger partial charge on any atom is -0.353 e. The molecule has 0 radical (unpaired) electrons. The van der Waals surface area contributed by atoms with Crippen LogP contribution in [-0.4, -0.2) is 18.5 Å². The minimum atomic E-state index is 0.236. The van der Waals surface area contributed by atoms with E-state index in [1.54, 1.807) is 0 Å². The van der Waals surface area contributed by atoms with Gasteiger partial charge in [0.2, 0.25) is 5.91 Å². The van der Waals surface area contributed by atoms with Crippen molar-refractivity contribution in [3.05, 3.63) is 0 Å². The Balaban J connectivity index is 2.21. The Morgan fingerprint density at radius 2 is 1.95 bits per heavy atom. The Labute approximate surface area is 118 Å². The second-order valence-corrected chi connectivity index (χ2v) is 6.90. The highest BCUT2D eigenvalue weighted by Gasteiger charge is 2.27. The van der Waals surface area contributed by atoms with Crippen molar-refractivity contribution in [2.45, 2.75) is 78.2 Å². The van der Waals surface area contributed by atoms with Crippen molar-refractivity contribution in [1.29, 1.82) is 0 Å². The molecule has 112 valence electrons. The molecule has 1 aliphatic rings. The summed E-state index contributed by atoms with van der Waals surface area (Å²) in [7, 11) is 0. The Morgan fingerprint density at radius 3 is 2.47 bits per heavy atom. The van der Waals surface area contributed by atoms with E-state index in [9.17, 15) is 4.79 Å². The molecule has 0 aliphatic heterocycles. The smallest absolute Gasteiger partial charge is 0.220 e. The molecule has 0 aromatic heterocycles. The van der Waals surface area contributed by atoms with Gasteiger partial charge in [0, 0.05) is 12.5 Å². The topological polar surface area (TPSA) is 55.1 Å². The second kappa shape index (κ2) is 7.88. The zero-order valence-electron chi connectivity index (χ0n) is 13.0. The summed E-state index contributed by atoms with van der Waals surface area (Å²) in [5.41, 5.74) is 6.05. The molecular weight excluding hydrogens is 236 g/mol. The van der Waals surface area contributed by atoms with E-state index in [0.29, 0.717) is 23.8 Å². The van der Waals surface area contributed by atoms with Crippen LogP contribution in [0.25, 0.3) is 0 Å². The average molecular weight is 268 g/mol. The van der Waals surface area contributed by atoms with Gasteiger partial charge in [-0.2, -0.15) is 0 Å². The lowest BCUT2D eigenvalue weighted by atomic mass is 9.75. The van der Waals surface area contributed by atoms with E-state index >= 15 is 0 Å². The number of carbonyl (C=O) groups is 1. The third-order valence-electron chi connectivity index (χ3n) is 4.64. The van der Waals surface area contributed by atoms with Crippen molar-refractivity contribution in [2.24, 2.45) is 17.1 Å². The number of hydrogen-bond acceptors (Lipinski definition) is 2. The Hall–Kier alpha value is -0.570. The maximum atomic E-state index is 12.0. The van der Waals surface area contributed by atoms with Gasteiger partial charge in [0.1, 0.15) is 0 Å². The van der Waals surface area contributed by atoms with Crippen LogP contribution < -0.4 is 11.1 Å². The van der Waals surface area contributed by atoms with E-state index in [2.05, 4.69) is 26.1 Å². The summed E-state index contributed by atoms with van der Waals surface area (Å²) in [6.07, 6.45) is 8.54. The molecule has 1 saturated carbocycles. The first-order valence-corrected chi connectivity index (χ1v) is 7.96. The summed E-state index contributed by atoms with van der Waals surface area (Å²) >= 11 is 0. The molecule has 19 heavy (non-hydrogen) atoms. The molecule has 0 aromatic carbocycles. The van der Waals surface area contributed by atoms with Gasteiger partial charge in [-0.15, -0.1) is 0 Å². The van der Waals surface area contributed by atoms with Gasteiger partial charge in [0.15, 0.2) is 0 Å². The van der Waals surface area contributed by atoms with E-state index in [1.165, 1.54) is 12.8 Å². The van der Waals surface area contributed by atoms with Crippen molar-refractivity contribution in [1.82, 2.24) is 5.32 Å². The third kappa shape index (κ3) is 6.42. The van der Waals surface area contributed by atoms with Gasteiger partial charge in [0.05, 0.1) is 0 Å². The Bertz CT molecular complexity index is 266. The lowest BCUT2D eigenvalue weighted by Gasteiger charge is -2.34. The molecule has 0 bridgehead atoms. The number of nitrogens with one attached hydrogen (secondary N) is 1. The van der Waals surface area contributed by atoms with Gasteiger partial charge in [-0.25, -0.2) is 0 Å². The summed E-state index contributed by atoms with van der Waals surface area (Å²) in [5.74, 6) is 0.848. The van der Waals surface area contributed by atoms with Crippen molar-refractivity contribution in [3.63, 3.8) is 0 Å². The van der Waals surface area contributed by atoms with Crippen LogP contribution >= 0.6 is 0 Å². The molecule has 0 heterocycles. The lowest BCUT2D eigenvalue weighted by molar-refractivity contribution is -0.122.